The molecule has 0 unspecified atom stereocenters. The summed E-state index contributed by atoms with van der Waals surface area (Å²) in [6.45, 7) is 3.94. The minimum absolute atomic E-state index is 0.0534. The summed E-state index contributed by atoms with van der Waals surface area (Å²) in [7, 11) is 0. The van der Waals surface area contributed by atoms with Crippen LogP contribution in [0, 0.1) is 0 Å². The maximum Gasteiger partial charge on any atom is 0.417 e. The number of carbonyl (C=O) groups is 2. The van der Waals surface area contributed by atoms with E-state index in [9.17, 15) is 22.8 Å². The van der Waals surface area contributed by atoms with E-state index in [-0.39, 0.29) is 16.4 Å². The van der Waals surface area contributed by atoms with Crippen molar-refractivity contribution in [2.24, 2.45) is 0 Å². The van der Waals surface area contributed by atoms with E-state index in [0.717, 1.165) is 30.8 Å². The van der Waals surface area contributed by atoms with E-state index in [2.05, 4.69) is 5.32 Å². The second-order valence-electron chi connectivity index (χ2n) is 7.70. The van der Waals surface area contributed by atoms with Gasteiger partial charge in [0.1, 0.15) is 5.75 Å². The number of amides is 2. The monoisotopic (exact) mass is 492 g/mol. The van der Waals surface area contributed by atoms with Gasteiger partial charge in [-0.15, -0.1) is 0 Å². The molecule has 2 aromatic carbocycles. The predicted molar refractivity (Wildman–Crippen MR) is 126 cm³/mol. The Morgan fingerprint density at radius 2 is 2.00 bits per heavy atom. The van der Waals surface area contributed by atoms with Crippen molar-refractivity contribution in [3.63, 3.8) is 0 Å². The fourth-order valence-corrected chi connectivity index (χ4v) is 4.57. The van der Waals surface area contributed by atoms with E-state index in [1.165, 1.54) is 18.2 Å². The number of nitrogens with zero attached hydrogens (tertiary/aromatic N) is 1. The molecule has 3 rings (SSSR count). The van der Waals surface area contributed by atoms with Crippen LogP contribution in [0.15, 0.2) is 58.3 Å². The molecule has 1 aliphatic heterocycles. The highest BCUT2D eigenvalue weighted by Gasteiger charge is 2.34. The fraction of sp³-hybridized carbons (Fsp3) is 0.360. The topological polar surface area (TPSA) is 58.6 Å². The van der Waals surface area contributed by atoms with Crippen LogP contribution in [0.25, 0.3) is 6.08 Å². The first-order valence-corrected chi connectivity index (χ1v) is 11.9. The van der Waals surface area contributed by atoms with Gasteiger partial charge in [-0.25, -0.2) is 0 Å². The molecule has 0 radical (unpaired) electrons. The average molecular weight is 493 g/mol. The third-order valence-corrected chi connectivity index (χ3v) is 6.31. The van der Waals surface area contributed by atoms with Crippen molar-refractivity contribution in [2.45, 2.75) is 42.2 Å². The molecule has 9 heteroatoms. The summed E-state index contributed by atoms with van der Waals surface area (Å²) in [6, 6.07) is 10.9. The highest BCUT2D eigenvalue weighted by atomic mass is 32.2. The number of carbonyl (C=O) groups excluding carboxylic acids is 2. The number of rotatable bonds is 10. The molecule has 1 N–H and O–H groups in total. The van der Waals surface area contributed by atoms with Gasteiger partial charge >= 0.3 is 6.18 Å². The molecule has 2 aromatic rings. The van der Waals surface area contributed by atoms with Crippen molar-refractivity contribution in [1.82, 2.24) is 10.2 Å². The molecule has 0 spiro atoms. The van der Waals surface area contributed by atoms with Crippen LogP contribution in [-0.4, -0.2) is 43.0 Å². The third kappa shape index (κ3) is 7.28. The molecular formula is C25H27F3N2O3S. The van der Waals surface area contributed by atoms with Crippen molar-refractivity contribution in [3.05, 3.63) is 59.7 Å². The quantitative estimate of drug-likeness (QED) is 0.357. The zero-order valence-corrected chi connectivity index (χ0v) is 19.7. The van der Waals surface area contributed by atoms with Crippen molar-refractivity contribution in [3.8, 4) is 5.75 Å². The first kappa shape index (κ1) is 25.7. The van der Waals surface area contributed by atoms with Crippen LogP contribution in [0.2, 0.25) is 0 Å². The Kier molecular flexibility index (Phi) is 9.04. The second-order valence-corrected chi connectivity index (χ2v) is 8.78. The number of hydrogen-bond acceptors (Lipinski definition) is 4. The van der Waals surface area contributed by atoms with Gasteiger partial charge < -0.3 is 15.0 Å². The first-order chi connectivity index (χ1) is 16.3. The molecule has 0 atom stereocenters. The zero-order valence-electron chi connectivity index (χ0n) is 18.9. The molecule has 0 aromatic heterocycles. The number of benzene rings is 2. The zero-order chi connectivity index (χ0) is 24.6. The maximum absolute atomic E-state index is 13.8. The van der Waals surface area contributed by atoms with Crippen molar-refractivity contribution < 1.29 is 27.5 Å². The van der Waals surface area contributed by atoms with Crippen LogP contribution in [0.3, 0.4) is 0 Å². The summed E-state index contributed by atoms with van der Waals surface area (Å²) < 4.78 is 46.8. The van der Waals surface area contributed by atoms with Gasteiger partial charge in [0, 0.05) is 37.0 Å². The first-order valence-electron chi connectivity index (χ1n) is 11.1. The Hall–Kier alpha value is -2.94. The lowest BCUT2D eigenvalue weighted by Gasteiger charge is -2.15. The summed E-state index contributed by atoms with van der Waals surface area (Å²) in [5.41, 5.74) is -0.505. The van der Waals surface area contributed by atoms with Crippen LogP contribution in [-0.2, 0) is 15.8 Å². The Labute approximate surface area is 201 Å². The fourth-order valence-electron chi connectivity index (χ4n) is 3.54. The Balaban J connectivity index is 1.63. The van der Waals surface area contributed by atoms with Gasteiger partial charge in [0.2, 0.25) is 11.8 Å². The molecule has 0 saturated carbocycles. The number of likely N-dealkylation sites (tertiary alicyclic amines) is 1. The number of ether oxygens (including phenoxy) is 1. The van der Waals surface area contributed by atoms with Crippen molar-refractivity contribution in [1.29, 1.82) is 0 Å². The molecule has 0 bridgehead atoms. The van der Waals surface area contributed by atoms with E-state index in [1.807, 2.05) is 6.92 Å². The molecule has 1 saturated heterocycles. The van der Waals surface area contributed by atoms with Crippen molar-refractivity contribution in [2.75, 3.05) is 26.2 Å². The third-order valence-electron chi connectivity index (χ3n) is 5.18. The SMILES string of the molecule is CCOc1ccccc1Sc1ccc(/C=C/C(=O)NCCCN2CCCC2=O)cc1C(F)(F)F. The summed E-state index contributed by atoms with van der Waals surface area (Å²) in [4.78, 5) is 26.0. The summed E-state index contributed by atoms with van der Waals surface area (Å²) >= 11 is 0.989. The molecule has 1 heterocycles. The molecule has 0 aliphatic carbocycles. The lowest BCUT2D eigenvalue weighted by molar-refractivity contribution is -0.139. The van der Waals surface area contributed by atoms with Crippen LogP contribution in [0.4, 0.5) is 13.2 Å². The van der Waals surface area contributed by atoms with Crippen molar-refractivity contribution >= 4 is 29.7 Å². The van der Waals surface area contributed by atoms with Gasteiger partial charge in [0.25, 0.3) is 0 Å². The van der Waals surface area contributed by atoms with Gasteiger partial charge in [0.05, 0.1) is 17.1 Å². The predicted octanol–water partition coefficient (Wildman–Crippen LogP) is 5.40. The van der Waals surface area contributed by atoms with E-state index in [1.54, 1.807) is 35.2 Å². The molecule has 1 fully saturated rings. The normalized spacial score (nSPS) is 14.1. The molecular weight excluding hydrogens is 465 g/mol. The smallest absolute Gasteiger partial charge is 0.417 e. The Morgan fingerprint density at radius 1 is 1.21 bits per heavy atom. The average Bonchev–Trinajstić information content (AvgIpc) is 3.21. The van der Waals surface area contributed by atoms with Crippen LogP contribution in [0.1, 0.15) is 37.3 Å². The van der Waals surface area contributed by atoms with E-state index in [4.69, 9.17) is 4.74 Å². The van der Waals surface area contributed by atoms with Crippen LogP contribution >= 0.6 is 11.8 Å². The number of nitrogens with one attached hydrogen (secondary N) is 1. The number of halogens is 3. The van der Waals surface area contributed by atoms with Crippen LogP contribution in [0.5, 0.6) is 5.75 Å². The van der Waals surface area contributed by atoms with E-state index in [0.29, 0.717) is 43.2 Å². The highest BCUT2D eigenvalue weighted by Crippen LogP contribution is 2.42. The van der Waals surface area contributed by atoms with E-state index >= 15 is 0 Å². The Morgan fingerprint density at radius 3 is 2.71 bits per heavy atom. The van der Waals surface area contributed by atoms with Gasteiger partial charge in [-0.1, -0.05) is 30.0 Å². The van der Waals surface area contributed by atoms with Gasteiger partial charge in [-0.05, 0) is 55.7 Å². The summed E-state index contributed by atoms with van der Waals surface area (Å²) in [5, 5.41) is 2.69. The highest BCUT2D eigenvalue weighted by molar-refractivity contribution is 7.99. The largest absolute Gasteiger partial charge is 0.493 e. The minimum atomic E-state index is -4.55. The number of para-hydroxylation sites is 1. The summed E-state index contributed by atoms with van der Waals surface area (Å²) in [6.07, 6.45) is 0.0844. The lowest BCUT2D eigenvalue weighted by Crippen LogP contribution is -2.29. The number of hydrogen-bond donors (Lipinski definition) is 1. The molecule has 5 nitrogen and oxygen atoms in total. The minimum Gasteiger partial charge on any atom is -0.493 e. The van der Waals surface area contributed by atoms with Gasteiger partial charge in [-0.2, -0.15) is 13.2 Å². The Bertz CT molecular complexity index is 1040. The maximum atomic E-state index is 13.8. The standard InChI is InChI=1S/C25H27F3N2O3S/c1-2-33-20-7-3-4-8-22(20)34-21-12-10-18(17-19(21)25(26,27)28)11-13-23(31)29-14-6-16-30-15-5-9-24(30)32/h3-4,7-8,10-13,17H,2,5-6,9,14-16H2,1H3,(H,29,31)/b13-11+. The number of alkyl halides is 3. The van der Waals surface area contributed by atoms with Gasteiger partial charge in [0.15, 0.2) is 0 Å². The molecule has 182 valence electrons. The molecule has 2 amide bonds. The van der Waals surface area contributed by atoms with Crippen LogP contribution < -0.4 is 10.1 Å². The molecule has 1 aliphatic rings. The summed E-state index contributed by atoms with van der Waals surface area (Å²) in [5.74, 6) is 0.262. The van der Waals surface area contributed by atoms with E-state index < -0.39 is 17.6 Å². The second kappa shape index (κ2) is 12.0. The van der Waals surface area contributed by atoms with Gasteiger partial charge in [-0.3, -0.25) is 9.59 Å². The molecule has 34 heavy (non-hydrogen) atoms. The lowest BCUT2D eigenvalue weighted by atomic mass is 10.1.